The second-order valence-electron chi connectivity index (χ2n) is 6.92. The van der Waals surface area contributed by atoms with E-state index in [-0.39, 0.29) is 6.61 Å². The van der Waals surface area contributed by atoms with Gasteiger partial charge in [-0.25, -0.2) is 4.98 Å². The molecule has 2 heterocycles. The van der Waals surface area contributed by atoms with Crippen molar-refractivity contribution in [3.05, 3.63) is 59.8 Å². The van der Waals surface area contributed by atoms with E-state index >= 15 is 0 Å². The molecule has 0 amide bonds. The Hall–Kier alpha value is -1.91. The third-order valence-electron chi connectivity index (χ3n) is 5.16. The van der Waals surface area contributed by atoms with Crippen LogP contribution < -0.4 is 4.90 Å². The van der Waals surface area contributed by atoms with Crippen LogP contribution in [-0.4, -0.2) is 41.2 Å². The standard InChI is InChI=1S/C21H29N3O/c1-2-23(15-18-6-8-20(17-25)9-7-18)16-19-10-13-24(14-11-19)21-5-3-4-12-22-21/h3-9,12,19,25H,2,10-11,13-17H2,1H3. The monoisotopic (exact) mass is 339 g/mol. The van der Waals surface area contributed by atoms with Crippen molar-refractivity contribution >= 4 is 5.82 Å². The van der Waals surface area contributed by atoms with E-state index in [0.717, 1.165) is 50.0 Å². The van der Waals surface area contributed by atoms with Crippen LogP contribution in [0.15, 0.2) is 48.7 Å². The Morgan fingerprint density at radius 3 is 2.40 bits per heavy atom. The summed E-state index contributed by atoms with van der Waals surface area (Å²) >= 11 is 0. The molecule has 1 aliphatic rings. The number of hydrogen-bond acceptors (Lipinski definition) is 4. The van der Waals surface area contributed by atoms with Crippen LogP contribution in [0.25, 0.3) is 0 Å². The largest absolute Gasteiger partial charge is 0.392 e. The van der Waals surface area contributed by atoms with Gasteiger partial charge in [-0.3, -0.25) is 4.90 Å². The fourth-order valence-corrected chi connectivity index (χ4v) is 3.56. The highest BCUT2D eigenvalue weighted by atomic mass is 16.3. The van der Waals surface area contributed by atoms with Gasteiger partial charge in [-0.1, -0.05) is 37.3 Å². The van der Waals surface area contributed by atoms with Crippen LogP contribution in [0, 0.1) is 5.92 Å². The normalized spacial score (nSPS) is 15.7. The van der Waals surface area contributed by atoms with Gasteiger partial charge in [0, 0.05) is 32.4 Å². The number of aromatic nitrogens is 1. The molecule has 0 aliphatic carbocycles. The van der Waals surface area contributed by atoms with Crippen molar-refractivity contribution in [1.82, 2.24) is 9.88 Å². The minimum Gasteiger partial charge on any atom is -0.392 e. The predicted molar refractivity (Wildman–Crippen MR) is 102 cm³/mol. The maximum absolute atomic E-state index is 9.16. The summed E-state index contributed by atoms with van der Waals surface area (Å²) < 4.78 is 0. The fraction of sp³-hybridized carbons (Fsp3) is 0.476. The van der Waals surface area contributed by atoms with Crippen molar-refractivity contribution in [2.45, 2.75) is 32.9 Å². The molecule has 1 N–H and O–H groups in total. The smallest absolute Gasteiger partial charge is 0.128 e. The first-order chi connectivity index (χ1) is 12.3. The van der Waals surface area contributed by atoms with Crippen LogP contribution in [0.3, 0.4) is 0 Å². The van der Waals surface area contributed by atoms with E-state index in [1.165, 1.54) is 18.4 Å². The average molecular weight is 339 g/mol. The lowest BCUT2D eigenvalue weighted by Gasteiger charge is -2.35. The van der Waals surface area contributed by atoms with Gasteiger partial charge < -0.3 is 10.0 Å². The van der Waals surface area contributed by atoms with Crippen LogP contribution in [-0.2, 0) is 13.2 Å². The zero-order valence-corrected chi connectivity index (χ0v) is 15.1. The third kappa shape index (κ3) is 5.03. The van der Waals surface area contributed by atoms with E-state index < -0.39 is 0 Å². The maximum Gasteiger partial charge on any atom is 0.128 e. The molecule has 134 valence electrons. The van der Waals surface area contributed by atoms with Crippen molar-refractivity contribution in [1.29, 1.82) is 0 Å². The number of benzene rings is 1. The Morgan fingerprint density at radius 1 is 1.08 bits per heavy atom. The third-order valence-corrected chi connectivity index (χ3v) is 5.16. The summed E-state index contributed by atoms with van der Waals surface area (Å²) in [6.07, 6.45) is 4.34. The number of nitrogens with zero attached hydrogens (tertiary/aromatic N) is 3. The molecule has 0 unspecified atom stereocenters. The number of anilines is 1. The van der Waals surface area contributed by atoms with Gasteiger partial charge in [0.2, 0.25) is 0 Å². The lowest BCUT2D eigenvalue weighted by molar-refractivity contribution is 0.213. The average Bonchev–Trinajstić information content (AvgIpc) is 2.69. The molecule has 25 heavy (non-hydrogen) atoms. The van der Waals surface area contributed by atoms with Crippen molar-refractivity contribution < 1.29 is 5.11 Å². The zero-order valence-electron chi connectivity index (χ0n) is 15.1. The first kappa shape index (κ1) is 17.9. The van der Waals surface area contributed by atoms with Gasteiger partial charge >= 0.3 is 0 Å². The van der Waals surface area contributed by atoms with Gasteiger partial charge in [0.25, 0.3) is 0 Å². The highest BCUT2D eigenvalue weighted by Crippen LogP contribution is 2.23. The first-order valence-corrected chi connectivity index (χ1v) is 9.35. The lowest BCUT2D eigenvalue weighted by atomic mass is 9.96. The van der Waals surface area contributed by atoms with Crippen LogP contribution in [0.1, 0.15) is 30.9 Å². The highest BCUT2D eigenvalue weighted by Gasteiger charge is 2.21. The van der Waals surface area contributed by atoms with Crippen molar-refractivity contribution in [3.8, 4) is 0 Å². The van der Waals surface area contributed by atoms with Gasteiger partial charge in [0.15, 0.2) is 0 Å². The summed E-state index contributed by atoms with van der Waals surface area (Å²) in [5.41, 5.74) is 2.30. The SMILES string of the molecule is CCN(Cc1ccc(CO)cc1)CC1CCN(c2ccccn2)CC1. The topological polar surface area (TPSA) is 39.6 Å². The van der Waals surface area contributed by atoms with E-state index in [2.05, 4.69) is 46.0 Å². The Balaban J connectivity index is 1.49. The first-order valence-electron chi connectivity index (χ1n) is 9.35. The molecule has 1 saturated heterocycles. The lowest BCUT2D eigenvalue weighted by Crippen LogP contribution is -2.39. The molecule has 0 spiro atoms. The number of aliphatic hydroxyl groups excluding tert-OH is 1. The van der Waals surface area contributed by atoms with Gasteiger partial charge in [-0.15, -0.1) is 0 Å². The van der Waals surface area contributed by atoms with Crippen LogP contribution in [0.5, 0.6) is 0 Å². The summed E-state index contributed by atoms with van der Waals surface area (Å²) in [5, 5.41) is 9.16. The Bertz CT molecular complexity index is 621. The molecule has 4 heteroatoms. The maximum atomic E-state index is 9.16. The number of piperidine rings is 1. The summed E-state index contributed by atoms with van der Waals surface area (Å²) in [5.74, 6) is 1.87. The molecule has 1 aliphatic heterocycles. The van der Waals surface area contributed by atoms with Crippen molar-refractivity contribution in [2.75, 3.05) is 31.1 Å². The fourth-order valence-electron chi connectivity index (χ4n) is 3.56. The molecular weight excluding hydrogens is 310 g/mol. The van der Waals surface area contributed by atoms with Crippen LogP contribution >= 0.6 is 0 Å². The van der Waals surface area contributed by atoms with E-state index in [1.54, 1.807) is 0 Å². The summed E-state index contributed by atoms with van der Waals surface area (Å²) in [6, 6.07) is 14.5. The summed E-state index contributed by atoms with van der Waals surface area (Å²) in [4.78, 5) is 9.41. The van der Waals surface area contributed by atoms with Crippen molar-refractivity contribution in [3.63, 3.8) is 0 Å². The molecule has 1 aromatic carbocycles. The van der Waals surface area contributed by atoms with Gasteiger partial charge in [0.1, 0.15) is 5.82 Å². The quantitative estimate of drug-likeness (QED) is 0.840. The minimum atomic E-state index is 0.118. The highest BCUT2D eigenvalue weighted by molar-refractivity contribution is 5.37. The Morgan fingerprint density at radius 2 is 1.80 bits per heavy atom. The molecule has 0 saturated carbocycles. The number of aliphatic hydroxyl groups is 1. The van der Waals surface area contributed by atoms with Crippen molar-refractivity contribution in [2.24, 2.45) is 5.92 Å². The van der Waals surface area contributed by atoms with E-state index in [4.69, 9.17) is 5.11 Å². The van der Waals surface area contributed by atoms with E-state index in [9.17, 15) is 0 Å². The molecule has 1 fully saturated rings. The second-order valence-corrected chi connectivity index (χ2v) is 6.92. The van der Waals surface area contributed by atoms with Gasteiger partial charge in [-0.2, -0.15) is 0 Å². The molecular formula is C21H29N3O. The second kappa shape index (κ2) is 8.97. The van der Waals surface area contributed by atoms with Gasteiger partial charge in [0.05, 0.1) is 6.61 Å². The van der Waals surface area contributed by atoms with E-state index in [1.807, 2.05) is 24.4 Å². The molecule has 0 atom stereocenters. The summed E-state index contributed by atoms with van der Waals surface area (Å²) in [6.45, 7) is 7.78. The number of pyridine rings is 1. The molecule has 0 radical (unpaired) electrons. The Kier molecular flexibility index (Phi) is 6.42. The predicted octanol–water partition coefficient (Wildman–Crippen LogP) is 3.31. The molecule has 4 nitrogen and oxygen atoms in total. The van der Waals surface area contributed by atoms with Crippen LogP contribution in [0.2, 0.25) is 0 Å². The Labute approximate surface area is 151 Å². The molecule has 1 aromatic heterocycles. The zero-order chi connectivity index (χ0) is 17.5. The van der Waals surface area contributed by atoms with Gasteiger partial charge in [-0.05, 0) is 48.6 Å². The minimum absolute atomic E-state index is 0.118. The molecule has 3 rings (SSSR count). The molecule has 2 aromatic rings. The number of rotatable bonds is 7. The summed E-state index contributed by atoms with van der Waals surface area (Å²) in [7, 11) is 0. The number of hydrogen-bond donors (Lipinski definition) is 1. The van der Waals surface area contributed by atoms with Crippen LogP contribution in [0.4, 0.5) is 5.82 Å². The van der Waals surface area contributed by atoms with E-state index in [0.29, 0.717) is 0 Å². The molecule has 0 bridgehead atoms.